The Labute approximate surface area is 172 Å². The van der Waals surface area contributed by atoms with Crippen LogP contribution in [0.15, 0.2) is 54.5 Å². The number of anilines is 3. The summed E-state index contributed by atoms with van der Waals surface area (Å²) >= 11 is 0. The van der Waals surface area contributed by atoms with Gasteiger partial charge in [0.15, 0.2) is 0 Å². The van der Waals surface area contributed by atoms with Crippen molar-refractivity contribution in [2.75, 3.05) is 61.0 Å². The van der Waals surface area contributed by atoms with Gasteiger partial charge >= 0.3 is 0 Å². The number of nitrogens with zero attached hydrogens (tertiary/aromatic N) is 6. The third-order valence-corrected chi connectivity index (χ3v) is 6.30. The number of hydrogen-bond donors (Lipinski definition) is 0. The van der Waals surface area contributed by atoms with Gasteiger partial charge in [0.1, 0.15) is 11.9 Å². The zero-order chi connectivity index (χ0) is 19.8. The van der Waals surface area contributed by atoms with E-state index in [0.717, 1.165) is 45.1 Å². The predicted molar refractivity (Wildman–Crippen MR) is 116 cm³/mol. The molecule has 0 spiro atoms. The van der Waals surface area contributed by atoms with Crippen LogP contribution in [0, 0.1) is 17.2 Å². The summed E-state index contributed by atoms with van der Waals surface area (Å²) in [4.78, 5) is 14.0. The second kappa shape index (κ2) is 7.32. The lowest BCUT2D eigenvalue weighted by Gasteiger charge is -2.37. The Bertz CT molecular complexity index is 935. The molecule has 0 N–H and O–H groups in total. The van der Waals surface area contributed by atoms with Crippen molar-refractivity contribution < 1.29 is 0 Å². The van der Waals surface area contributed by atoms with Gasteiger partial charge in [0.05, 0.1) is 5.56 Å². The van der Waals surface area contributed by atoms with Crippen LogP contribution in [-0.4, -0.2) is 56.2 Å². The molecular formula is C23H26N6. The van der Waals surface area contributed by atoms with E-state index in [1.54, 1.807) is 6.20 Å². The number of piperazine rings is 1. The van der Waals surface area contributed by atoms with Crippen molar-refractivity contribution in [3.63, 3.8) is 0 Å². The van der Waals surface area contributed by atoms with E-state index in [4.69, 9.17) is 5.26 Å². The van der Waals surface area contributed by atoms with Gasteiger partial charge in [-0.15, -0.1) is 0 Å². The first kappa shape index (κ1) is 17.9. The van der Waals surface area contributed by atoms with Gasteiger partial charge in [-0.2, -0.15) is 5.26 Å². The molecule has 1 atom stereocenters. The van der Waals surface area contributed by atoms with Gasteiger partial charge in [0.2, 0.25) is 0 Å². The molecule has 5 rings (SSSR count). The molecule has 0 bridgehead atoms. The third-order valence-electron chi connectivity index (χ3n) is 6.30. The molecule has 6 nitrogen and oxygen atoms in total. The van der Waals surface area contributed by atoms with Crippen molar-refractivity contribution in [3.05, 3.63) is 60.1 Å². The molecule has 1 aromatic heterocycles. The van der Waals surface area contributed by atoms with Crippen molar-refractivity contribution in [2.24, 2.45) is 5.92 Å². The molecule has 3 aliphatic rings. The minimum Gasteiger partial charge on any atom is -0.378 e. The van der Waals surface area contributed by atoms with E-state index < -0.39 is 0 Å². The van der Waals surface area contributed by atoms with E-state index in [-0.39, 0.29) is 0 Å². The van der Waals surface area contributed by atoms with Crippen molar-refractivity contribution in [3.8, 4) is 6.07 Å². The first-order chi connectivity index (χ1) is 14.2. The third kappa shape index (κ3) is 3.38. The molecule has 1 unspecified atom stereocenters. The van der Waals surface area contributed by atoms with Crippen LogP contribution >= 0.6 is 0 Å². The Morgan fingerprint density at radius 1 is 0.931 bits per heavy atom. The Balaban J connectivity index is 1.22. The molecule has 0 radical (unpaired) electrons. The van der Waals surface area contributed by atoms with Crippen LogP contribution in [0.2, 0.25) is 0 Å². The largest absolute Gasteiger partial charge is 0.378 e. The quantitative estimate of drug-likeness (QED) is 0.809. The lowest BCUT2D eigenvalue weighted by atomic mass is 10.1. The molecule has 0 saturated carbocycles. The van der Waals surface area contributed by atoms with Crippen molar-refractivity contribution in [1.29, 1.82) is 5.26 Å². The zero-order valence-corrected chi connectivity index (χ0v) is 16.8. The van der Waals surface area contributed by atoms with E-state index in [1.165, 1.54) is 23.5 Å². The fraction of sp³-hybridized carbons (Fsp3) is 0.391. The lowest BCUT2D eigenvalue weighted by molar-refractivity contribution is 0.433. The van der Waals surface area contributed by atoms with Gasteiger partial charge in [0.25, 0.3) is 0 Å². The fourth-order valence-corrected chi connectivity index (χ4v) is 4.72. The smallest absolute Gasteiger partial charge is 0.128 e. The molecule has 2 fully saturated rings. The Kier molecular flexibility index (Phi) is 4.51. The monoisotopic (exact) mass is 386 g/mol. The molecule has 2 aromatic rings. The number of hydrogen-bond acceptors (Lipinski definition) is 6. The summed E-state index contributed by atoms with van der Waals surface area (Å²) < 4.78 is 0. The molecule has 0 aliphatic carbocycles. The minimum absolute atomic E-state index is 0.608. The average molecular weight is 387 g/mol. The highest BCUT2D eigenvalue weighted by Gasteiger charge is 2.33. The van der Waals surface area contributed by atoms with Crippen LogP contribution in [0.5, 0.6) is 0 Å². The van der Waals surface area contributed by atoms with Gasteiger partial charge in [-0.25, -0.2) is 4.98 Å². The van der Waals surface area contributed by atoms with Gasteiger partial charge in [-0.3, -0.25) is 0 Å². The van der Waals surface area contributed by atoms with Crippen LogP contribution in [0.1, 0.15) is 12.0 Å². The number of nitriles is 1. The Morgan fingerprint density at radius 3 is 2.34 bits per heavy atom. The standard InChI is InChI=1S/C23H26N6/c1-26-16-19-8-9-29(22(19)17-26)21-5-3-20(4-6-21)27-10-12-28(13-11-27)23-7-2-18(14-24)15-25-23/h2-7,15,17,19H,8-13,16H2,1H3. The van der Waals surface area contributed by atoms with Crippen LogP contribution in [0.4, 0.5) is 17.2 Å². The fourth-order valence-electron chi connectivity index (χ4n) is 4.72. The maximum absolute atomic E-state index is 8.93. The van der Waals surface area contributed by atoms with Crippen molar-refractivity contribution in [1.82, 2.24) is 9.88 Å². The summed E-state index contributed by atoms with van der Waals surface area (Å²) in [5.41, 5.74) is 4.67. The highest BCUT2D eigenvalue weighted by molar-refractivity contribution is 5.61. The summed E-state index contributed by atoms with van der Waals surface area (Å²) in [7, 11) is 2.17. The van der Waals surface area contributed by atoms with E-state index in [0.29, 0.717) is 11.5 Å². The first-order valence-corrected chi connectivity index (χ1v) is 10.4. The van der Waals surface area contributed by atoms with E-state index in [1.807, 2.05) is 12.1 Å². The molecule has 148 valence electrons. The molecule has 3 aliphatic heterocycles. The summed E-state index contributed by atoms with van der Waals surface area (Å²) in [6.45, 7) is 6.11. The summed E-state index contributed by atoms with van der Waals surface area (Å²) in [6.07, 6.45) is 5.21. The number of rotatable bonds is 3. The van der Waals surface area contributed by atoms with Crippen LogP contribution < -0.4 is 14.7 Å². The Morgan fingerprint density at radius 2 is 1.66 bits per heavy atom. The normalized spacial score (nSPS) is 21.2. The molecule has 6 heteroatoms. The van der Waals surface area contributed by atoms with Gasteiger partial charge in [-0.05, 0) is 42.8 Å². The summed E-state index contributed by atoms with van der Waals surface area (Å²) in [5, 5.41) is 8.93. The molecule has 1 aromatic carbocycles. The topological polar surface area (TPSA) is 49.6 Å². The second-order valence-corrected chi connectivity index (χ2v) is 8.14. The van der Waals surface area contributed by atoms with Crippen LogP contribution in [0.25, 0.3) is 0 Å². The second-order valence-electron chi connectivity index (χ2n) is 8.14. The number of pyridine rings is 1. The predicted octanol–water partition coefficient (Wildman–Crippen LogP) is 2.89. The summed E-state index contributed by atoms with van der Waals surface area (Å²) in [6, 6.07) is 15.0. The number of aromatic nitrogens is 1. The van der Waals surface area contributed by atoms with E-state index in [2.05, 4.69) is 68.2 Å². The van der Waals surface area contributed by atoms with Gasteiger partial charge in [-0.1, -0.05) is 0 Å². The highest BCUT2D eigenvalue weighted by Crippen LogP contribution is 2.37. The summed E-state index contributed by atoms with van der Waals surface area (Å²) in [5.74, 6) is 1.65. The highest BCUT2D eigenvalue weighted by atomic mass is 15.3. The average Bonchev–Trinajstić information content (AvgIpc) is 3.33. The number of fused-ring (bicyclic) bond motifs is 1. The van der Waals surface area contributed by atoms with Crippen molar-refractivity contribution >= 4 is 17.2 Å². The molecule has 2 saturated heterocycles. The lowest BCUT2D eigenvalue weighted by Crippen LogP contribution is -2.46. The van der Waals surface area contributed by atoms with E-state index in [9.17, 15) is 0 Å². The molecular weight excluding hydrogens is 360 g/mol. The van der Waals surface area contributed by atoms with E-state index >= 15 is 0 Å². The Hall–Kier alpha value is -3.20. The molecule has 29 heavy (non-hydrogen) atoms. The molecule has 4 heterocycles. The van der Waals surface area contributed by atoms with Crippen molar-refractivity contribution in [2.45, 2.75) is 6.42 Å². The molecule has 0 amide bonds. The van der Waals surface area contributed by atoms with Gasteiger partial charge in [0, 0.05) is 81.7 Å². The maximum Gasteiger partial charge on any atom is 0.128 e. The number of benzene rings is 1. The first-order valence-electron chi connectivity index (χ1n) is 10.4. The zero-order valence-electron chi connectivity index (χ0n) is 16.8. The van der Waals surface area contributed by atoms with Crippen LogP contribution in [-0.2, 0) is 0 Å². The van der Waals surface area contributed by atoms with Crippen LogP contribution in [0.3, 0.4) is 0 Å². The maximum atomic E-state index is 8.93. The minimum atomic E-state index is 0.608. The van der Waals surface area contributed by atoms with Gasteiger partial charge < -0.3 is 19.6 Å². The SMILES string of the molecule is CN1C=C2C(CCN2c2ccc(N3CCN(c4ccc(C#N)cn4)CC3)cc2)C1.